The molecule has 4 amide bonds. The lowest BCUT2D eigenvalue weighted by atomic mass is 10.0. The Morgan fingerprint density at radius 3 is 1.43 bits per heavy atom. The van der Waals surface area contributed by atoms with E-state index in [2.05, 4.69) is 36.2 Å². The molecule has 0 saturated carbocycles. The maximum atomic E-state index is 13.8. The summed E-state index contributed by atoms with van der Waals surface area (Å²) in [6.45, 7) is 0.709. The summed E-state index contributed by atoms with van der Waals surface area (Å²) in [5, 5.41) is 18.6. The Labute approximate surface area is 308 Å². The standard InChI is InChI=1S/C34H53N15O4/c35-28(36)23-14-12-22(13-15-23)20-46-29(51)24(9-4-16-43-32(37)38)48-31(53)26(11-6-18-45-34(41)42)49-30(52)25(10-5-17-44-33(39)40)47-27(50)19-21-7-2-1-3-8-21/h1-3,7-8,12-15,24-26H,4-6,9-11,16-20H2,(H3,35,36)(H,46,51)(H,47,50)(H,48,53)(H,49,52)(H4,37,38,43)(H4,39,40,44)(H4,41,42,45)/t24-,25-,26-/m0/s1. The molecule has 0 radical (unpaired) electrons. The van der Waals surface area contributed by atoms with Gasteiger partial charge in [-0.3, -0.25) is 39.6 Å². The van der Waals surface area contributed by atoms with Gasteiger partial charge in [-0.15, -0.1) is 0 Å². The van der Waals surface area contributed by atoms with Crippen molar-refractivity contribution in [2.45, 2.75) is 69.6 Å². The molecule has 0 saturated heterocycles. The largest absolute Gasteiger partial charge is 0.384 e. The van der Waals surface area contributed by atoms with Crippen molar-refractivity contribution in [3.63, 3.8) is 0 Å². The molecule has 19 heteroatoms. The van der Waals surface area contributed by atoms with Crippen LogP contribution in [0.5, 0.6) is 0 Å². The zero-order valence-electron chi connectivity index (χ0n) is 29.7. The van der Waals surface area contributed by atoms with Crippen molar-refractivity contribution in [3.05, 3.63) is 71.3 Å². The second-order valence-corrected chi connectivity index (χ2v) is 12.1. The number of nitrogens with one attached hydrogen (secondary N) is 5. The summed E-state index contributed by atoms with van der Waals surface area (Å²) in [6, 6.07) is 12.5. The van der Waals surface area contributed by atoms with E-state index in [0.717, 1.165) is 11.1 Å². The number of amides is 4. The third-order valence-corrected chi connectivity index (χ3v) is 7.69. The van der Waals surface area contributed by atoms with Crippen LogP contribution in [0.1, 0.15) is 55.2 Å². The van der Waals surface area contributed by atoms with Gasteiger partial charge in [0, 0.05) is 31.7 Å². The smallest absolute Gasteiger partial charge is 0.243 e. The number of nitrogens with zero attached hydrogens (tertiary/aromatic N) is 3. The molecule has 0 fully saturated rings. The summed E-state index contributed by atoms with van der Waals surface area (Å²) in [5.41, 5.74) is 40.3. The average Bonchev–Trinajstić information content (AvgIpc) is 3.11. The number of carbonyl (C=O) groups excluding carboxylic acids is 4. The molecule has 0 heterocycles. The lowest BCUT2D eigenvalue weighted by molar-refractivity contribution is -0.134. The predicted molar refractivity (Wildman–Crippen MR) is 205 cm³/mol. The fourth-order valence-corrected chi connectivity index (χ4v) is 5.00. The summed E-state index contributed by atoms with van der Waals surface area (Å²) in [4.78, 5) is 65.9. The molecule has 2 aromatic rings. The van der Waals surface area contributed by atoms with Gasteiger partial charge in [-0.05, 0) is 49.7 Å². The lowest BCUT2D eigenvalue weighted by Gasteiger charge is -2.25. The zero-order valence-corrected chi connectivity index (χ0v) is 29.7. The quantitative estimate of drug-likeness (QED) is 0.0320. The van der Waals surface area contributed by atoms with Gasteiger partial charge in [-0.1, -0.05) is 54.6 Å². The van der Waals surface area contributed by atoms with Crippen molar-refractivity contribution in [1.82, 2.24) is 21.3 Å². The summed E-state index contributed by atoms with van der Waals surface area (Å²) in [6.07, 6.45) is 1.43. The maximum absolute atomic E-state index is 13.8. The second-order valence-electron chi connectivity index (χ2n) is 12.1. The molecular formula is C34H53N15O4. The number of guanidine groups is 3. The molecule has 0 unspecified atom stereocenters. The number of carbonyl (C=O) groups is 4. The average molecular weight is 736 g/mol. The van der Waals surface area contributed by atoms with Crippen LogP contribution in [0.15, 0.2) is 69.6 Å². The van der Waals surface area contributed by atoms with E-state index in [1.54, 1.807) is 48.5 Å². The van der Waals surface area contributed by atoms with E-state index in [4.69, 9.17) is 45.5 Å². The van der Waals surface area contributed by atoms with Gasteiger partial charge >= 0.3 is 0 Å². The van der Waals surface area contributed by atoms with Crippen LogP contribution in [0.4, 0.5) is 0 Å². The highest BCUT2D eigenvalue weighted by Gasteiger charge is 2.29. The number of amidine groups is 1. The summed E-state index contributed by atoms with van der Waals surface area (Å²) in [5.74, 6) is -2.61. The van der Waals surface area contributed by atoms with Crippen molar-refractivity contribution in [2.75, 3.05) is 19.6 Å². The molecule has 0 spiro atoms. The molecule has 19 nitrogen and oxygen atoms in total. The van der Waals surface area contributed by atoms with Crippen molar-refractivity contribution >= 4 is 47.3 Å². The van der Waals surface area contributed by atoms with Gasteiger partial charge in [0.05, 0.1) is 6.42 Å². The summed E-state index contributed by atoms with van der Waals surface area (Å²) >= 11 is 0. The zero-order chi connectivity index (χ0) is 39.2. The molecule has 19 N–H and O–H groups in total. The van der Waals surface area contributed by atoms with Crippen LogP contribution < -0.4 is 61.4 Å². The van der Waals surface area contributed by atoms with Gasteiger partial charge in [-0.25, -0.2) is 0 Å². The summed E-state index contributed by atoms with van der Waals surface area (Å²) < 4.78 is 0. The normalized spacial score (nSPS) is 12.2. The van der Waals surface area contributed by atoms with Crippen LogP contribution in [-0.4, -0.2) is 85.1 Å². The van der Waals surface area contributed by atoms with E-state index < -0.39 is 41.8 Å². The Morgan fingerprint density at radius 1 is 0.566 bits per heavy atom. The Morgan fingerprint density at radius 2 is 1.00 bits per heavy atom. The SMILES string of the molecule is N=C(N)c1ccc(CNC(=O)[C@H](CCCN=C(N)N)NC(=O)[C@H](CCCN=C(N)N)NC(=O)[C@H](CCCN=C(N)N)NC(=O)Cc2ccccc2)cc1. The molecule has 0 aliphatic rings. The van der Waals surface area contributed by atoms with Crippen LogP contribution in [0.2, 0.25) is 0 Å². The topological polar surface area (TPSA) is 359 Å². The van der Waals surface area contributed by atoms with Crippen molar-refractivity contribution in [2.24, 2.45) is 55.1 Å². The Bertz CT molecular complexity index is 1580. The highest BCUT2D eigenvalue weighted by atomic mass is 16.2. The number of nitrogens with two attached hydrogens (primary N) is 7. The Hall–Kier alpha value is -6.40. The molecule has 0 aliphatic heterocycles. The number of hydrogen-bond acceptors (Lipinski definition) is 8. The van der Waals surface area contributed by atoms with Crippen molar-refractivity contribution < 1.29 is 19.2 Å². The van der Waals surface area contributed by atoms with Gasteiger partial charge in [0.15, 0.2) is 17.9 Å². The highest BCUT2D eigenvalue weighted by Crippen LogP contribution is 2.09. The molecule has 0 bridgehead atoms. The van der Waals surface area contributed by atoms with Crippen LogP contribution >= 0.6 is 0 Å². The van der Waals surface area contributed by atoms with E-state index in [-0.39, 0.29) is 75.6 Å². The van der Waals surface area contributed by atoms with E-state index in [0.29, 0.717) is 24.8 Å². The minimum absolute atomic E-state index is 0.0263. The van der Waals surface area contributed by atoms with Gasteiger partial charge in [0.25, 0.3) is 0 Å². The molecule has 3 atom stereocenters. The van der Waals surface area contributed by atoms with Gasteiger partial charge < -0.3 is 61.4 Å². The van der Waals surface area contributed by atoms with E-state index in [1.807, 2.05) is 6.07 Å². The third kappa shape index (κ3) is 17.9. The van der Waals surface area contributed by atoms with Gasteiger partial charge in [0.2, 0.25) is 23.6 Å². The number of nitrogen functional groups attached to an aromatic ring is 1. The van der Waals surface area contributed by atoms with E-state index in [9.17, 15) is 19.2 Å². The maximum Gasteiger partial charge on any atom is 0.243 e. The number of hydrogen-bond donors (Lipinski definition) is 12. The highest BCUT2D eigenvalue weighted by molar-refractivity contribution is 5.95. The van der Waals surface area contributed by atoms with Gasteiger partial charge in [-0.2, -0.15) is 0 Å². The molecule has 2 aromatic carbocycles. The van der Waals surface area contributed by atoms with Crippen molar-refractivity contribution in [1.29, 1.82) is 5.41 Å². The molecular weight excluding hydrogens is 682 g/mol. The Kier molecular flexibility index (Phi) is 18.7. The lowest BCUT2D eigenvalue weighted by Crippen LogP contribution is -2.56. The van der Waals surface area contributed by atoms with E-state index >= 15 is 0 Å². The molecule has 53 heavy (non-hydrogen) atoms. The summed E-state index contributed by atoms with van der Waals surface area (Å²) in [7, 11) is 0. The fraction of sp³-hybridized carbons (Fsp3) is 0.412. The second kappa shape index (κ2) is 23.1. The third-order valence-electron chi connectivity index (χ3n) is 7.69. The first-order valence-corrected chi connectivity index (χ1v) is 17.1. The fourth-order valence-electron chi connectivity index (χ4n) is 5.00. The first kappa shape index (κ1) is 42.8. The van der Waals surface area contributed by atoms with Crippen LogP contribution in [0.25, 0.3) is 0 Å². The first-order valence-electron chi connectivity index (χ1n) is 17.1. The van der Waals surface area contributed by atoms with Crippen molar-refractivity contribution in [3.8, 4) is 0 Å². The molecule has 0 aliphatic carbocycles. The molecule has 0 aromatic heterocycles. The van der Waals surface area contributed by atoms with Crippen LogP contribution in [-0.2, 0) is 32.1 Å². The minimum Gasteiger partial charge on any atom is -0.384 e. The minimum atomic E-state index is -1.14. The molecule has 2 rings (SSSR count). The number of rotatable bonds is 23. The monoisotopic (exact) mass is 735 g/mol. The van der Waals surface area contributed by atoms with Gasteiger partial charge in [0.1, 0.15) is 24.0 Å². The van der Waals surface area contributed by atoms with E-state index in [1.165, 1.54) is 0 Å². The number of benzene rings is 2. The van der Waals surface area contributed by atoms with Crippen LogP contribution in [0, 0.1) is 5.41 Å². The van der Waals surface area contributed by atoms with Crippen LogP contribution in [0.3, 0.4) is 0 Å². The predicted octanol–water partition coefficient (Wildman–Crippen LogP) is -2.56. The number of aliphatic imine (C=N–C) groups is 3. The molecule has 288 valence electrons. The first-order chi connectivity index (χ1) is 25.2. The Balaban J connectivity index is 2.27.